The highest BCUT2D eigenvalue weighted by atomic mass is 16.2. The SMILES string of the molecule is CCn1nccc1C(=O)Nc1ccn(Cc2cccc3ccccc23)n1. The van der Waals surface area contributed by atoms with Crippen LogP contribution in [0.4, 0.5) is 5.82 Å². The Hall–Kier alpha value is -3.41. The molecular weight excluding hydrogens is 326 g/mol. The van der Waals surface area contributed by atoms with Gasteiger partial charge in [0.1, 0.15) is 5.69 Å². The van der Waals surface area contributed by atoms with E-state index in [1.165, 1.54) is 16.3 Å². The van der Waals surface area contributed by atoms with Crippen LogP contribution in [0.5, 0.6) is 0 Å². The summed E-state index contributed by atoms with van der Waals surface area (Å²) in [4.78, 5) is 12.4. The van der Waals surface area contributed by atoms with E-state index < -0.39 is 0 Å². The average molecular weight is 345 g/mol. The van der Waals surface area contributed by atoms with Crippen LogP contribution in [0.15, 0.2) is 67.0 Å². The van der Waals surface area contributed by atoms with Crippen molar-refractivity contribution in [3.05, 3.63) is 78.2 Å². The number of carbonyl (C=O) groups excluding carboxylic acids is 1. The maximum Gasteiger partial charge on any atom is 0.275 e. The summed E-state index contributed by atoms with van der Waals surface area (Å²) in [5.74, 6) is 0.318. The van der Waals surface area contributed by atoms with Crippen molar-refractivity contribution in [1.29, 1.82) is 0 Å². The molecule has 0 aliphatic rings. The van der Waals surface area contributed by atoms with E-state index in [0.29, 0.717) is 24.6 Å². The number of hydrogen-bond acceptors (Lipinski definition) is 3. The quantitative estimate of drug-likeness (QED) is 0.601. The van der Waals surface area contributed by atoms with Crippen molar-refractivity contribution in [3.8, 4) is 0 Å². The van der Waals surface area contributed by atoms with Crippen LogP contribution in [0.1, 0.15) is 23.0 Å². The molecule has 0 radical (unpaired) electrons. The monoisotopic (exact) mass is 345 g/mol. The van der Waals surface area contributed by atoms with Gasteiger partial charge in [0.2, 0.25) is 0 Å². The Labute approximate surface area is 151 Å². The maximum atomic E-state index is 12.4. The van der Waals surface area contributed by atoms with E-state index in [-0.39, 0.29) is 5.91 Å². The number of hydrogen-bond donors (Lipinski definition) is 1. The molecule has 0 aliphatic heterocycles. The van der Waals surface area contributed by atoms with Crippen LogP contribution in [0.3, 0.4) is 0 Å². The zero-order valence-electron chi connectivity index (χ0n) is 14.5. The highest BCUT2D eigenvalue weighted by Crippen LogP contribution is 2.19. The number of anilines is 1. The maximum absolute atomic E-state index is 12.4. The molecule has 6 nitrogen and oxygen atoms in total. The van der Waals surface area contributed by atoms with Crippen LogP contribution >= 0.6 is 0 Å². The van der Waals surface area contributed by atoms with E-state index in [4.69, 9.17) is 0 Å². The molecule has 1 amide bonds. The zero-order valence-corrected chi connectivity index (χ0v) is 14.5. The Bertz CT molecular complexity index is 1060. The van der Waals surface area contributed by atoms with Gasteiger partial charge < -0.3 is 5.32 Å². The van der Waals surface area contributed by atoms with Gasteiger partial charge in [-0.05, 0) is 29.3 Å². The first-order valence-electron chi connectivity index (χ1n) is 8.58. The smallest absolute Gasteiger partial charge is 0.275 e. The summed E-state index contributed by atoms with van der Waals surface area (Å²) in [6.07, 6.45) is 3.49. The largest absolute Gasteiger partial charge is 0.304 e. The lowest BCUT2D eigenvalue weighted by Crippen LogP contribution is -2.17. The predicted octanol–water partition coefficient (Wildman–Crippen LogP) is 3.55. The van der Waals surface area contributed by atoms with Gasteiger partial charge in [-0.1, -0.05) is 42.5 Å². The van der Waals surface area contributed by atoms with Crippen molar-refractivity contribution < 1.29 is 4.79 Å². The first-order valence-corrected chi connectivity index (χ1v) is 8.58. The van der Waals surface area contributed by atoms with E-state index in [9.17, 15) is 4.79 Å². The van der Waals surface area contributed by atoms with Crippen molar-refractivity contribution >= 4 is 22.5 Å². The lowest BCUT2D eigenvalue weighted by Gasteiger charge is -2.07. The standard InChI is InChI=1S/C20H19N5O/c1-2-25-18(10-12-21-25)20(26)22-19-11-13-24(23-19)14-16-8-5-7-15-6-3-4-9-17(15)16/h3-13H,2,14H2,1H3,(H,22,23,26). The number of nitrogens with zero attached hydrogens (tertiary/aromatic N) is 4. The molecule has 0 aliphatic carbocycles. The molecule has 0 unspecified atom stereocenters. The second-order valence-corrected chi connectivity index (χ2v) is 6.02. The Kier molecular flexibility index (Phi) is 4.23. The number of benzene rings is 2. The first kappa shape index (κ1) is 16.1. The Morgan fingerprint density at radius 1 is 1.08 bits per heavy atom. The van der Waals surface area contributed by atoms with Gasteiger partial charge in [0, 0.05) is 25.0 Å². The minimum Gasteiger partial charge on any atom is -0.304 e. The average Bonchev–Trinajstić information content (AvgIpc) is 3.31. The zero-order chi connectivity index (χ0) is 17.9. The van der Waals surface area contributed by atoms with Gasteiger partial charge in [0.15, 0.2) is 5.82 Å². The van der Waals surface area contributed by atoms with Gasteiger partial charge in [-0.15, -0.1) is 0 Å². The molecule has 2 aromatic carbocycles. The van der Waals surface area contributed by atoms with Crippen molar-refractivity contribution in [2.45, 2.75) is 20.0 Å². The number of carbonyl (C=O) groups is 1. The van der Waals surface area contributed by atoms with Crippen LogP contribution in [-0.2, 0) is 13.1 Å². The summed E-state index contributed by atoms with van der Waals surface area (Å²) < 4.78 is 3.48. The summed E-state index contributed by atoms with van der Waals surface area (Å²) in [6.45, 7) is 3.23. The highest BCUT2D eigenvalue weighted by Gasteiger charge is 2.12. The number of aryl methyl sites for hydroxylation is 1. The summed E-state index contributed by atoms with van der Waals surface area (Å²) in [5, 5.41) is 13.8. The van der Waals surface area contributed by atoms with E-state index in [0.717, 1.165) is 0 Å². The van der Waals surface area contributed by atoms with Crippen LogP contribution < -0.4 is 5.32 Å². The Morgan fingerprint density at radius 2 is 1.92 bits per heavy atom. The van der Waals surface area contributed by atoms with Gasteiger partial charge in [-0.2, -0.15) is 10.2 Å². The molecule has 4 aromatic rings. The van der Waals surface area contributed by atoms with Crippen molar-refractivity contribution in [3.63, 3.8) is 0 Å². The van der Waals surface area contributed by atoms with Crippen molar-refractivity contribution in [2.75, 3.05) is 5.32 Å². The van der Waals surface area contributed by atoms with Crippen LogP contribution in [-0.4, -0.2) is 25.5 Å². The lowest BCUT2D eigenvalue weighted by atomic mass is 10.0. The second kappa shape index (κ2) is 6.84. The molecule has 0 spiro atoms. The summed E-state index contributed by atoms with van der Waals surface area (Å²) in [5.41, 5.74) is 1.71. The minimum atomic E-state index is -0.209. The van der Waals surface area contributed by atoms with Crippen molar-refractivity contribution in [2.24, 2.45) is 0 Å². The van der Waals surface area contributed by atoms with Crippen LogP contribution in [0.25, 0.3) is 10.8 Å². The van der Waals surface area contributed by atoms with Gasteiger partial charge >= 0.3 is 0 Å². The third kappa shape index (κ3) is 3.09. The fourth-order valence-electron chi connectivity index (χ4n) is 3.08. The van der Waals surface area contributed by atoms with E-state index in [1.54, 1.807) is 23.0 Å². The topological polar surface area (TPSA) is 64.7 Å². The number of nitrogens with one attached hydrogen (secondary N) is 1. The van der Waals surface area contributed by atoms with E-state index in [1.807, 2.05) is 29.9 Å². The molecule has 2 heterocycles. The molecule has 6 heteroatoms. The van der Waals surface area contributed by atoms with Gasteiger partial charge in [-0.25, -0.2) is 0 Å². The molecular formula is C20H19N5O. The third-order valence-electron chi connectivity index (χ3n) is 4.34. The van der Waals surface area contributed by atoms with E-state index >= 15 is 0 Å². The van der Waals surface area contributed by atoms with E-state index in [2.05, 4.69) is 45.8 Å². The van der Waals surface area contributed by atoms with Gasteiger partial charge in [0.05, 0.1) is 6.54 Å². The molecule has 26 heavy (non-hydrogen) atoms. The first-order chi connectivity index (χ1) is 12.7. The second-order valence-electron chi connectivity index (χ2n) is 6.02. The Balaban J connectivity index is 1.52. The third-order valence-corrected chi connectivity index (χ3v) is 4.34. The predicted molar refractivity (Wildman–Crippen MR) is 101 cm³/mol. The van der Waals surface area contributed by atoms with Crippen LogP contribution in [0.2, 0.25) is 0 Å². The Morgan fingerprint density at radius 3 is 2.81 bits per heavy atom. The lowest BCUT2D eigenvalue weighted by molar-refractivity contribution is 0.101. The summed E-state index contributed by atoms with van der Waals surface area (Å²) in [6, 6.07) is 18.0. The fourth-order valence-corrected chi connectivity index (χ4v) is 3.08. The van der Waals surface area contributed by atoms with Crippen molar-refractivity contribution in [1.82, 2.24) is 19.6 Å². The number of rotatable bonds is 5. The van der Waals surface area contributed by atoms with Crippen LogP contribution in [0, 0.1) is 0 Å². The molecule has 2 aromatic heterocycles. The molecule has 4 rings (SSSR count). The minimum absolute atomic E-state index is 0.209. The number of amides is 1. The van der Waals surface area contributed by atoms with Gasteiger partial charge in [-0.3, -0.25) is 14.2 Å². The highest BCUT2D eigenvalue weighted by molar-refractivity contribution is 6.02. The normalized spacial score (nSPS) is 11.0. The number of fused-ring (bicyclic) bond motifs is 1. The number of aromatic nitrogens is 4. The molecule has 130 valence electrons. The molecule has 0 fully saturated rings. The molecule has 0 bridgehead atoms. The summed E-state index contributed by atoms with van der Waals surface area (Å²) in [7, 11) is 0. The summed E-state index contributed by atoms with van der Waals surface area (Å²) >= 11 is 0. The molecule has 1 N–H and O–H groups in total. The fraction of sp³-hybridized carbons (Fsp3) is 0.150. The molecule has 0 saturated heterocycles. The van der Waals surface area contributed by atoms with Gasteiger partial charge in [0.25, 0.3) is 5.91 Å². The molecule has 0 atom stereocenters. The molecule has 0 saturated carbocycles.